The van der Waals surface area contributed by atoms with E-state index in [-0.39, 0.29) is 11.5 Å². The Labute approximate surface area is 168 Å². The van der Waals surface area contributed by atoms with E-state index >= 15 is 0 Å². The number of benzene rings is 2. The molecule has 0 aliphatic rings. The van der Waals surface area contributed by atoms with Crippen molar-refractivity contribution in [2.45, 2.75) is 6.54 Å². The number of methoxy groups -OCH3 is 1. The minimum Gasteiger partial charge on any atom is -0.496 e. The summed E-state index contributed by atoms with van der Waals surface area (Å²) in [6.07, 6.45) is 3.45. The molecule has 0 unspecified atom stereocenters. The molecule has 3 aromatic rings. The van der Waals surface area contributed by atoms with Crippen molar-refractivity contribution in [3.05, 3.63) is 83.7 Å². The number of amides is 1. The van der Waals surface area contributed by atoms with Crippen LogP contribution in [0.1, 0.15) is 26.3 Å². The van der Waals surface area contributed by atoms with E-state index in [2.05, 4.69) is 10.3 Å². The Kier molecular flexibility index (Phi) is 6.09. The van der Waals surface area contributed by atoms with Gasteiger partial charge in [0.05, 0.1) is 18.2 Å². The van der Waals surface area contributed by atoms with E-state index in [0.717, 1.165) is 11.3 Å². The average Bonchev–Trinajstić information content (AvgIpc) is 2.77. The number of nitrogens with zero attached hydrogens (tertiary/aromatic N) is 2. The number of carbonyl (C=O) groups excluding carboxylic acids is 1. The first kappa shape index (κ1) is 19.9. The summed E-state index contributed by atoms with van der Waals surface area (Å²) in [7, 11) is 3.06. The molecule has 29 heavy (non-hydrogen) atoms. The van der Waals surface area contributed by atoms with Crippen molar-refractivity contribution in [1.82, 2.24) is 10.3 Å². The molecule has 0 saturated carbocycles. The summed E-state index contributed by atoms with van der Waals surface area (Å²) in [4.78, 5) is 29.6. The molecular formula is C22H21N3O4. The Morgan fingerprint density at radius 3 is 2.55 bits per heavy atom. The molecule has 148 valence electrons. The van der Waals surface area contributed by atoms with E-state index in [4.69, 9.17) is 4.74 Å². The first-order chi connectivity index (χ1) is 14.0. The van der Waals surface area contributed by atoms with Gasteiger partial charge in [-0.3, -0.25) is 9.78 Å². The zero-order valence-electron chi connectivity index (χ0n) is 16.1. The standard InChI is InChI=1S/C22H21N3O4/c1-23-21(26)19-9-8-18(12-20(19)29-2)25(14-15-5-4-10-24-13-15)17-7-3-6-16(11-17)22(27)28/h3-13H,14H2,1-2H3,(H,23,26)(H,27,28). The molecule has 1 heterocycles. The highest BCUT2D eigenvalue weighted by Gasteiger charge is 2.17. The third kappa shape index (κ3) is 4.52. The largest absolute Gasteiger partial charge is 0.496 e. The summed E-state index contributed by atoms with van der Waals surface area (Å²) < 4.78 is 5.41. The molecule has 0 atom stereocenters. The molecule has 0 radical (unpaired) electrons. The molecule has 2 N–H and O–H groups in total. The molecule has 0 saturated heterocycles. The number of carboxylic acids is 1. The van der Waals surface area contributed by atoms with Gasteiger partial charge in [0.2, 0.25) is 0 Å². The maximum atomic E-state index is 12.1. The Hall–Kier alpha value is -3.87. The highest BCUT2D eigenvalue weighted by molar-refractivity contribution is 5.97. The Bertz CT molecular complexity index is 1020. The summed E-state index contributed by atoms with van der Waals surface area (Å²) >= 11 is 0. The topological polar surface area (TPSA) is 91.8 Å². The fourth-order valence-corrected chi connectivity index (χ4v) is 2.98. The number of rotatable bonds is 7. The predicted octanol–water partition coefficient (Wildman–Crippen LogP) is 3.49. The summed E-state index contributed by atoms with van der Waals surface area (Å²) in [5, 5.41) is 12.0. The van der Waals surface area contributed by atoms with E-state index in [1.165, 1.54) is 7.11 Å². The fraction of sp³-hybridized carbons (Fsp3) is 0.136. The SMILES string of the molecule is CNC(=O)c1ccc(N(Cc2cccnc2)c2cccc(C(=O)O)c2)cc1OC. The zero-order chi connectivity index (χ0) is 20.8. The van der Waals surface area contributed by atoms with Crippen molar-refractivity contribution in [1.29, 1.82) is 0 Å². The van der Waals surface area contributed by atoms with Gasteiger partial charge in [0.25, 0.3) is 5.91 Å². The van der Waals surface area contributed by atoms with Gasteiger partial charge in [-0.2, -0.15) is 0 Å². The van der Waals surface area contributed by atoms with Crippen LogP contribution in [-0.4, -0.2) is 36.1 Å². The summed E-state index contributed by atoms with van der Waals surface area (Å²) in [5.74, 6) is -0.826. The van der Waals surface area contributed by atoms with E-state index < -0.39 is 5.97 Å². The Morgan fingerprint density at radius 2 is 1.90 bits per heavy atom. The van der Waals surface area contributed by atoms with Crippen molar-refractivity contribution < 1.29 is 19.4 Å². The van der Waals surface area contributed by atoms with Gasteiger partial charge in [0.15, 0.2) is 0 Å². The summed E-state index contributed by atoms with van der Waals surface area (Å²) in [6.45, 7) is 0.458. The summed E-state index contributed by atoms with van der Waals surface area (Å²) in [6, 6.07) is 15.7. The minimum absolute atomic E-state index is 0.188. The van der Waals surface area contributed by atoms with E-state index in [9.17, 15) is 14.7 Å². The van der Waals surface area contributed by atoms with Gasteiger partial charge in [-0.15, -0.1) is 0 Å². The van der Waals surface area contributed by atoms with Gasteiger partial charge in [0, 0.05) is 43.4 Å². The highest BCUT2D eigenvalue weighted by atomic mass is 16.5. The monoisotopic (exact) mass is 391 g/mol. The predicted molar refractivity (Wildman–Crippen MR) is 110 cm³/mol. The number of nitrogens with one attached hydrogen (secondary N) is 1. The average molecular weight is 391 g/mol. The molecule has 7 nitrogen and oxygen atoms in total. The molecular weight excluding hydrogens is 370 g/mol. The molecule has 2 aromatic carbocycles. The van der Waals surface area contributed by atoms with Crippen LogP contribution in [0.25, 0.3) is 0 Å². The number of hydrogen-bond acceptors (Lipinski definition) is 5. The first-order valence-electron chi connectivity index (χ1n) is 8.93. The second kappa shape index (κ2) is 8.88. The van der Waals surface area contributed by atoms with Crippen molar-refractivity contribution in [3.8, 4) is 5.75 Å². The van der Waals surface area contributed by atoms with E-state index in [1.54, 1.807) is 55.8 Å². The van der Waals surface area contributed by atoms with Crippen molar-refractivity contribution >= 4 is 23.3 Å². The maximum Gasteiger partial charge on any atom is 0.335 e. The van der Waals surface area contributed by atoms with Crippen LogP contribution in [0, 0.1) is 0 Å². The van der Waals surface area contributed by atoms with Crippen molar-refractivity contribution in [2.24, 2.45) is 0 Å². The van der Waals surface area contributed by atoms with Crippen LogP contribution in [-0.2, 0) is 6.54 Å². The lowest BCUT2D eigenvalue weighted by Crippen LogP contribution is -2.20. The number of carboxylic acid groups (broad SMARTS) is 1. The number of carbonyl (C=O) groups is 2. The fourth-order valence-electron chi connectivity index (χ4n) is 2.98. The third-order valence-corrected chi connectivity index (χ3v) is 4.44. The van der Waals surface area contributed by atoms with E-state index in [1.807, 2.05) is 23.1 Å². The minimum atomic E-state index is -0.999. The Morgan fingerprint density at radius 1 is 1.10 bits per heavy atom. The number of aromatic carboxylic acids is 1. The van der Waals surface area contributed by atoms with Crippen LogP contribution in [0.3, 0.4) is 0 Å². The van der Waals surface area contributed by atoms with Crippen molar-refractivity contribution in [2.75, 3.05) is 19.1 Å². The quantitative estimate of drug-likeness (QED) is 0.641. The molecule has 7 heteroatoms. The highest BCUT2D eigenvalue weighted by Crippen LogP contribution is 2.32. The smallest absolute Gasteiger partial charge is 0.335 e. The van der Waals surface area contributed by atoms with Gasteiger partial charge in [0.1, 0.15) is 5.75 Å². The maximum absolute atomic E-state index is 12.1. The molecule has 0 spiro atoms. The molecule has 0 aliphatic heterocycles. The lowest BCUT2D eigenvalue weighted by molar-refractivity contribution is 0.0696. The number of ether oxygens (including phenoxy) is 1. The van der Waals surface area contributed by atoms with Crippen LogP contribution in [0.15, 0.2) is 67.0 Å². The first-order valence-corrected chi connectivity index (χ1v) is 8.93. The number of pyridine rings is 1. The lowest BCUT2D eigenvalue weighted by atomic mass is 10.1. The third-order valence-electron chi connectivity index (χ3n) is 4.44. The lowest BCUT2D eigenvalue weighted by Gasteiger charge is -2.26. The molecule has 1 amide bonds. The van der Waals surface area contributed by atoms with Gasteiger partial charge < -0.3 is 20.1 Å². The molecule has 0 aliphatic carbocycles. The van der Waals surface area contributed by atoms with Crippen LogP contribution >= 0.6 is 0 Å². The molecule has 0 fully saturated rings. The van der Waals surface area contributed by atoms with Gasteiger partial charge in [-0.25, -0.2) is 4.79 Å². The molecule has 1 aromatic heterocycles. The summed E-state index contributed by atoms with van der Waals surface area (Å²) in [5.41, 5.74) is 3.00. The van der Waals surface area contributed by atoms with Gasteiger partial charge >= 0.3 is 5.97 Å². The van der Waals surface area contributed by atoms with E-state index in [0.29, 0.717) is 23.5 Å². The van der Waals surface area contributed by atoms with Crippen LogP contribution in [0.2, 0.25) is 0 Å². The second-order valence-corrected chi connectivity index (χ2v) is 6.27. The Balaban J connectivity index is 2.09. The van der Waals surface area contributed by atoms with Crippen LogP contribution < -0.4 is 15.0 Å². The number of aromatic nitrogens is 1. The van der Waals surface area contributed by atoms with Gasteiger partial charge in [-0.1, -0.05) is 12.1 Å². The number of hydrogen-bond donors (Lipinski definition) is 2. The molecule has 3 rings (SSSR count). The number of anilines is 2. The molecule has 0 bridgehead atoms. The normalized spacial score (nSPS) is 10.3. The van der Waals surface area contributed by atoms with Gasteiger partial charge in [-0.05, 0) is 42.0 Å². The zero-order valence-corrected chi connectivity index (χ0v) is 16.1. The van der Waals surface area contributed by atoms with Crippen molar-refractivity contribution in [3.63, 3.8) is 0 Å². The second-order valence-electron chi connectivity index (χ2n) is 6.27. The van der Waals surface area contributed by atoms with Crippen LogP contribution in [0.4, 0.5) is 11.4 Å². The van der Waals surface area contributed by atoms with Crippen LogP contribution in [0.5, 0.6) is 5.75 Å².